The van der Waals surface area contributed by atoms with Crippen LogP contribution in [0, 0.1) is 0 Å². The molecular formula is C13H18F3N3O3. The zero-order chi connectivity index (χ0) is 16.6. The molecule has 0 unspecified atom stereocenters. The van der Waals surface area contributed by atoms with E-state index in [1.807, 2.05) is 6.92 Å². The molecule has 0 atom stereocenters. The number of carbonyl (C=O) groups is 1. The van der Waals surface area contributed by atoms with Gasteiger partial charge in [-0.25, -0.2) is 4.68 Å². The van der Waals surface area contributed by atoms with Gasteiger partial charge in [0, 0.05) is 19.2 Å². The molecule has 6 nitrogen and oxygen atoms in total. The van der Waals surface area contributed by atoms with Crippen molar-refractivity contribution in [2.24, 2.45) is 0 Å². The SMILES string of the molecule is CCCCn1nc(C(=O)NCCOCC(F)(F)F)ccc1=O. The summed E-state index contributed by atoms with van der Waals surface area (Å²) in [6.45, 7) is 0.669. The number of unbranched alkanes of at least 4 members (excludes halogenated alkanes) is 1. The molecule has 1 amide bonds. The monoisotopic (exact) mass is 321 g/mol. The van der Waals surface area contributed by atoms with Crippen LogP contribution in [0.4, 0.5) is 13.2 Å². The highest BCUT2D eigenvalue weighted by molar-refractivity contribution is 5.91. The van der Waals surface area contributed by atoms with Gasteiger partial charge in [0.2, 0.25) is 0 Å². The number of ether oxygens (including phenoxy) is 1. The van der Waals surface area contributed by atoms with Gasteiger partial charge in [0.05, 0.1) is 6.61 Å². The Morgan fingerprint density at radius 3 is 2.77 bits per heavy atom. The third-order valence-electron chi connectivity index (χ3n) is 2.62. The number of halogens is 3. The van der Waals surface area contributed by atoms with Crippen molar-refractivity contribution >= 4 is 5.91 Å². The van der Waals surface area contributed by atoms with Crippen molar-refractivity contribution in [2.45, 2.75) is 32.5 Å². The van der Waals surface area contributed by atoms with Gasteiger partial charge in [0.15, 0.2) is 0 Å². The molecule has 0 bridgehead atoms. The number of hydrogen-bond donors (Lipinski definition) is 1. The van der Waals surface area contributed by atoms with Crippen molar-refractivity contribution in [3.63, 3.8) is 0 Å². The average Bonchev–Trinajstić information content (AvgIpc) is 2.44. The van der Waals surface area contributed by atoms with Crippen molar-refractivity contribution in [1.82, 2.24) is 15.1 Å². The average molecular weight is 321 g/mol. The van der Waals surface area contributed by atoms with Crippen LogP contribution in [-0.4, -0.2) is 41.6 Å². The summed E-state index contributed by atoms with van der Waals surface area (Å²) in [6.07, 6.45) is -2.76. The van der Waals surface area contributed by atoms with Crippen LogP contribution in [0.1, 0.15) is 30.3 Å². The van der Waals surface area contributed by atoms with Crippen LogP contribution in [0.5, 0.6) is 0 Å². The molecule has 0 saturated heterocycles. The topological polar surface area (TPSA) is 73.2 Å². The minimum Gasteiger partial charge on any atom is -0.370 e. The van der Waals surface area contributed by atoms with Gasteiger partial charge in [-0.1, -0.05) is 13.3 Å². The number of nitrogens with one attached hydrogen (secondary N) is 1. The van der Waals surface area contributed by atoms with Gasteiger partial charge in [-0.05, 0) is 12.5 Å². The molecule has 1 aromatic heterocycles. The summed E-state index contributed by atoms with van der Waals surface area (Å²) in [5.41, 5.74) is -0.273. The molecule has 124 valence electrons. The zero-order valence-electron chi connectivity index (χ0n) is 12.2. The quantitative estimate of drug-likeness (QED) is 0.734. The summed E-state index contributed by atoms with van der Waals surface area (Å²) in [7, 11) is 0. The lowest BCUT2D eigenvalue weighted by molar-refractivity contribution is -0.173. The Hall–Kier alpha value is -1.90. The number of nitrogens with zero attached hydrogens (tertiary/aromatic N) is 2. The molecule has 9 heteroatoms. The fourth-order valence-corrected chi connectivity index (χ4v) is 1.55. The molecule has 1 aromatic rings. The third-order valence-corrected chi connectivity index (χ3v) is 2.62. The lowest BCUT2D eigenvalue weighted by atomic mass is 10.3. The van der Waals surface area contributed by atoms with Gasteiger partial charge in [-0.3, -0.25) is 9.59 Å². The molecule has 0 fully saturated rings. The van der Waals surface area contributed by atoms with Crippen LogP contribution >= 0.6 is 0 Å². The maximum Gasteiger partial charge on any atom is 0.411 e. The molecule has 0 aliphatic rings. The lowest BCUT2D eigenvalue weighted by Crippen LogP contribution is -2.32. The predicted molar refractivity (Wildman–Crippen MR) is 72.6 cm³/mol. The predicted octanol–water partition coefficient (Wildman–Crippen LogP) is 1.35. The smallest absolute Gasteiger partial charge is 0.370 e. The van der Waals surface area contributed by atoms with E-state index in [4.69, 9.17) is 0 Å². The first-order valence-corrected chi connectivity index (χ1v) is 6.84. The van der Waals surface area contributed by atoms with Crippen molar-refractivity contribution in [3.8, 4) is 0 Å². The maximum absolute atomic E-state index is 11.8. The van der Waals surface area contributed by atoms with Crippen molar-refractivity contribution in [1.29, 1.82) is 0 Å². The van der Waals surface area contributed by atoms with Gasteiger partial charge >= 0.3 is 6.18 Å². The highest BCUT2D eigenvalue weighted by atomic mass is 19.4. The molecule has 0 radical (unpaired) electrons. The highest BCUT2D eigenvalue weighted by Gasteiger charge is 2.27. The second kappa shape index (κ2) is 8.52. The largest absolute Gasteiger partial charge is 0.411 e. The summed E-state index contributed by atoms with van der Waals surface area (Å²) in [4.78, 5) is 23.3. The van der Waals surface area contributed by atoms with E-state index < -0.39 is 18.7 Å². The van der Waals surface area contributed by atoms with E-state index in [2.05, 4.69) is 15.2 Å². The lowest BCUT2D eigenvalue weighted by Gasteiger charge is -2.09. The Balaban J connectivity index is 2.47. The molecular weight excluding hydrogens is 303 g/mol. The van der Waals surface area contributed by atoms with Crippen LogP contribution in [0.2, 0.25) is 0 Å². The number of hydrogen-bond acceptors (Lipinski definition) is 4. The van der Waals surface area contributed by atoms with Crippen LogP contribution in [-0.2, 0) is 11.3 Å². The van der Waals surface area contributed by atoms with Crippen LogP contribution in [0.25, 0.3) is 0 Å². The molecule has 1 N–H and O–H groups in total. The Kier molecular flexibility index (Phi) is 7.03. The van der Waals surface area contributed by atoms with E-state index >= 15 is 0 Å². The molecule has 0 spiro atoms. The number of rotatable bonds is 8. The molecule has 0 aromatic carbocycles. The van der Waals surface area contributed by atoms with Crippen LogP contribution < -0.4 is 10.9 Å². The van der Waals surface area contributed by atoms with Gasteiger partial charge in [-0.15, -0.1) is 0 Å². The Morgan fingerprint density at radius 2 is 2.14 bits per heavy atom. The minimum absolute atomic E-state index is 0.0338. The normalized spacial score (nSPS) is 11.5. The van der Waals surface area contributed by atoms with Crippen LogP contribution in [0.15, 0.2) is 16.9 Å². The third kappa shape index (κ3) is 6.70. The second-order valence-corrected chi connectivity index (χ2v) is 4.56. The van der Waals surface area contributed by atoms with E-state index in [1.54, 1.807) is 0 Å². The van der Waals surface area contributed by atoms with E-state index in [-0.39, 0.29) is 24.4 Å². The molecule has 1 rings (SSSR count). The summed E-state index contributed by atoms with van der Waals surface area (Å²) in [6, 6.07) is 2.51. The Morgan fingerprint density at radius 1 is 1.41 bits per heavy atom. The standard InChI is InChI=1S/C13H18F3N3O3/c1-2-3-7-19-11(20)5-4-10(18-19)12(21)17-6-8-22-9-13(14,15)16/h4-5H,2-3,6-9H2,1H3,(H,17,21). The van der Waals surface area contributed by atoms with Gasteiger partial charge in [0.1, 0.15) is 12.3 Å². The highest BCUT2D eigenvalue weighted by Crippen LogP contribution is 2.13. The van der Waals surface area contributed by atoms with Crippen molar-refractivity contribution in [3.05, 3.63) is 28.2 Å². The second-order valence-electron chi connectivity index (χ2n) is 4.56. The molecule has 1 heterocycles. The maximum atomic E-state index is 11.8. The van der Waals surface area contributed by atoms with E-state index in [1.165, 1.54) is 16.8 Å². The van der Waals surface area contributed by atoms with Gasteiger partial charge < -0.3 is 10.1 Å². The van der Waals surface area contributed by atoms with E-state index in [9.17, 15) is 22.8 Å². The number of amides is 1. The number of carbonyl (C=O) groups excluding carboxylic acids is 1. The fraction of sp³-hybridized carbons (Fsp3) is 0.615. The first-order chi connectivity index (χ1) is 10.3. The molecule has 22 heavy (non-hydrogen) atoms. The van der Waals surface area contributed by atoms with Crippen molar-refractivity contribution in [2.75, 3.05) is 19.8 Å². The number of alkyl halides is 3. The number of aromatic nitrogens is 2. The Labute approximate surface area is 125 Å². The Bertz CT molecular complexity index is 543. The van der Waals surface area contributed by atoms with Gasteiger partial charge in [0.25, 0.3) is 11.5 Å². The van der Waals surface area contributed by atoms with Gasteiger partial charge in [-0.2, -0.15) is 18.3 Å². The summed E-state index contributed by atoms with van der Waals surface area (Å²) in [5, 5.41) is 6.30. The summed E-state index contributed by atoms with van der Waals surface area (Å²) >= 11 is 0. The van der Waals surface area contributed by atoms with Crippen LogP contribution in [0.3, 0.4) is 0 Å². The molecule has 0 aliphatic heterocycles. The zero-order valence-corrected chi connectivity index (χ0v) is 12.2. The first kappa shape index (κ1) is 18.1. The van der Waals surface area contributed by atoms with E-state index in [0.717, 1.165) is 12.8 Å². The molecule has 0 aliphatic carbocycles. The van der Waals surface area contributed by atoms with E-state index in [0.29, 0.717) is 6.54 Å². The van der Waals surface area contributed by atoms with Crippen molar-refractivity contribution < 1.29 is 22.7 Å². The molecule has 0 saturated carbocycles. The minimum atomic E-state index is -4.39. The fourth-order valence-electron chi connectivity index (χ4n) is 1.55. The summed E-state index contributed by atoms with van der Waals surface area (Å²) < 4.78 is 41.1. The number of aryl methyl sites for hydroxylation is 1. The first-order valence-electron chi connectivity index (χ1n) is 6.84. The summed E-state index contributed by atoms with van der Waals surface area (Å²) in [5.74, 6) is -0.569.